The summed E-state index contributed by atoms with van der Waals surface area (Å²) >= 11 is 0. The highest BCUT2D eigenvalue weighted by Gasteiger charge is 2.12. The standard InChI is InChI=1S/C10H10N2O3/c1-14-7-3-4-12-9(5-7)8(6-11-12)10(13)15-2/h3-6H,1-2H3. The lowest BCUT2D eigenvalue weighted by Gasteiger charge is -2.01. The molecule has 5 nitrogen and oxygen atoms in total. The van der Waals surface area contributed by atoms with Crippen molar-refractivity contribution < 1.29 is 14.3 Å². The van der Waals surface area contributed by atoms with Crippen LogP contribution in [0.4, 0.5) is 0 Å². The summed E-state index contributed by atoms with van der Waals surface area (Å²) in [5.74, 6) is 0.270. The quantitative estimate of drug-likeness (QED) is 0.691. The number of nitrogens with zero attached hydrogens (tertiary/aromatic N) is 2. The number of rotatable bonds is 2. The predicted molar refractivity (Wildman–Crippen MR) is 53.1 cm³/mol. The number of fused-ring (bicyclic) bond motifs is 1. The van der Waals surface area contributed by atoms with E-state index in [1.807, 2.05) is 0 Å². The van der Waals surface area contributed by atoms with Crippen molar-refractivity contribution in [3.05, 3.63) is 30.1 Å². The van der Waals surface area contributed by atoms with Crippen LogP contribution >= 0.6 is 0 Å². The Labute approximate surface area is 86.2 Å². The van der Waals surface area contributed by atoms with E-state index < -0.39 is 5.97 Å². The minimum atomic E-state index is -0.404. The molecule has 2 aromatic rings. The molecule has 0 aliphatic heterocycles. The van der Waals surface area contributed by atoms with Crippen molar-refractivity contribution in [3.63, 3.8) is 0 Å². The molecule has 0 unspecified atom stereocenters. The van der Waals surface area contributed by atoms with Crippen molar-refractivity contribution >= 4 is 11.5 Å². The lowest BCUT2D eigenvalue weighted by molar-refractivity contribution is 0.0603. The molecule has 2 rings (SSSR count). The van der Waals surface area contributed by atoms with Crippen LogP contribution in [0, 0.1) is 0 Å². The van der Waals surface area contributed by atoms with Crippen molar-refractivity contribution in [2.45, 2.75) is 0 Å². The van der Waals surface area contributed by atoms with E-state index in [9.17, 15) is 4.79 Å². The van der Waals surface area contributed by atoms with Gasteiger partial charge in [-0.3, -0.25) is 0 Å². The van der Waals surface area contributed by atoms with Gasteiger partial charge >= 0.3 is 5.97 Å². The van der Waals surface area contributed by atoms with E-state index >= 15 is 0 Å². The fourth-order valence-electron chi connectivity index (χ4n) is 1.36. The summed E-state index contributed by atoms with van der Waals surface area (Å²) in [6.07, 6.45) is 3.20. The molecule has 78 valence electrons. The number of hydrogen-bond acceptors (Lipinski definition) is 4. The smallest absolute Gasteiger partial charge is 0.341 e. The van der Waals surface area contributed by atoms with Crippen LogP contribution in [0.15, 0.2) is 24.5 Å². The van der Waals surface area contributed by atoms with Crippen LogP contribution in [0.3, 0.4) is 0 Å². The zero-order valence-electron chi connectivity index (χ0n) is 8.43. The Morgan fingerprint density at radius 2 is 2.27 bits per heavy atom. The fourth-order valence-corrected chi connectivity index (χ4v) is 1.36. The third kappa shape index (κ3) is 1.52. The average Bonchev–Trinajstić information content (AvgIpc) is 2.70. The van der Waals surface area contributed by atoms with E-state index in [4.69, 9.17) is 4.74 Å². The summed E-state index contributed by atoms with van der Waals surface area (Å²) < 4.78 is 11.3. The third-order valence-electron chi connectivity index (χ3n) is 2.13. The maximum absolute atomic E-state index is 11.4. The van der Waals surface area contributed by atoms with Crippen molar-refractivity contribution in [2.75, 3.05) is 14.2 Å². The molecular weight excluding hydrogens is 196 g/mol. The summed E-state index contributed by atoms with van der Waals surface area (Å²) in [6.45, 7) is 0. The van der Waals surface area contributed by atoms with Crippen LogP contribution in [-0.4, -0.2) is 29.8 Å². The van der Waals surface area contributed by atoms with Gasteiger partial charge in [0.25, 0.3) is 0 Å². The van der Waals surface area contributed by atoms with Gasteiger partial charge in [-0.25, -0.2) is 9.31 Å². The highest BCUT2D eigenvalue weighted by Crippen LogP contribution is 2.17. The number of hydrogen-bond donors (Lipinski definition) is 0. The van der Waals surface area contributed by atoms with Gasteiger partial charge in [0, 0.05) is 12.3 Å². The Kier molecular flexibility index (Phi) is 2.29. The molecule has 0 atom stereocenters. The molecule has 0 radical (unpaired) electrons. The fraction of sp³-hybridized carbons (Fsp3) is 0.200. The lowest BCUT2D eigenvalue weighted by Crippen LogP contribution is -2.00. The van der Waals surface area contributed by atoms with Gasteiger partial charge in [-0.1, -0.05) is 0 Å². The second kappa shape index (κ2) is 3.61. The van der Waals surface area contributed by atoms with Gasteiger partial charge < -0.3 is 9.47 Å². The minimum Gasteiger partial charge on any atom is -0.497 e. The number of pyridine rings is 1. The molecule has 15 heavy (non-hydrogen) atoms. The molecule has 0 fully saturated rings. The highest BCUT2D eigenvalue weighted by molar-refractivity contribution is 5.96. The van der Waals surface area contributed by atoms with Crippen LogP contribution in [-0.2, 0) is 4.74 Å². The molecule has 0 aliphatic carbocycles. The maximum Gasteiger partial charge on any atom is 0.341 e. The van der Waals surface area contributed by atoms with Crippen molar-refractivity contribution in [1.82, 2.24) is 9.61 Å². The van der Waals surface area contributed by atoms with Gasteiger partial charge in [-0.15, -0.1) is 0 Å². The zero-order valence-corrected chi connectivity index (χ0v) is 8.43. The first-order valence-electron chi connectivity index (χ1n) is 4.36. The molecule has 0 spiro atoms. The van der Waals surface area contributed by atoms with E-state index in [0.29, 0.717) is 16.8 Å². The van der Waals surface area contributed by atoms with Gasteiger partial charge in [-0.05, 0) is 6.07 Å². The largest absolute Gasteiger partial charge is 0.497 e. The molecule has 0 N–H and O–H groups in total. The minimum absolute atomic E-state index is 0.404. The Balaban J connectivity index is 2.61. The van der Waals surface area contributed by atoms with Crippen molar-refractivity contribution in [2.24, 2.45) is 0 Å². The first kappa shape index (κ1) is 9.51. The summed E-state index contributed by atoms with van der Waals surface area (Å²) in [4.78, 5) is 11.4. The van der Waals surface area contributed by atoms with E-state index in [0.717, 1.165) is 0 Å². The Morgan fingerprint density at radius 1 is 1.47 bits per heavy atom. The predicted octanol–water partition coefficient (Wildman–Crippen LogP) is 1.13. The Bertz CT molecular complexity index is 504. The van der Waals surface area contributed by atoms with Crippen LogP contribution in [0.2, 0.25) is 0 Å². The molecule has 0 amide bonds. The van der Waals surface area contributed by atoms with E-state index in [2.05, 4.69) is 9.84 Å². The van der Waals surface area contributed by atoms with Crippen LogP contribution in [0.1, 0.15) is 10.4 Å². The van der Waals surface area contributed by atoms with Gasteiger partial charge in [0.15, 0.2) is 0 Å². The molecular formula is C10H10N2O3. The van der Waals surface area contributed by atoms with Gasteiger partial charge in [0.2, 0.25) is 0 Å². The molecule has 0 saturated carbocycles. The first-order chi connectivity index (χ1) is 7.26. The number of methoxy groups -OCH3 is 2. The first-order valence-corrected chi connectivity index (χ1v) is 4.36. The summed E-state index contributed by atoms with van der Waals surface area (Å²) in [7, 11) is 2.91. The molecule has 0 saturated heterocycles. The zero-order chi connectivity index (χ0) is 10.8. The second-order valence-corrected chi connectivity index (χ2v) is 2.95. The highest BCUT2D eigenvalue weighted by atomic mass is 16.5. The summed E-state index contributed by atoms with van der Waals surface area (Å²) in [5, 5.41) is 4.02. The monoisotopic (exact) mass is 206 g/mol. The van der Waals surface area contributed by atoms with E-state index in [1.54, 1.807) is 30.0 Å². The molecule has 2 aromatic heterocycles. The van der Waals surface area contributed by atoms with E-state index in [-0.39, 0.29) is 0 Å². The Morgan fingerprint density at radius 3 is 2.93 bits per heavy atom. The third-order valence-corrected chi connectivity index (χ3v) is 2.13. The molecule has 5 heteroatoms. The molecule has 2 heterocycles. The van der Waals surface area contributed by atoms with Crippen LogP contribution in [0.25, 0.3) is 5.52 Å². The van der Waals surface area contributed by atoms with Crippen molar-refractivity contribution in [1.29, 1.82) is 0 Å². The van der Waals surface area contributed by atoms with Crippen LogP contribution in [0.5, 0.6) is 5.75 Å². The Hall–Kier alpha value is -2.04. The maximum atomic E-state index is 11.4. The summed E-state index contributed by atoms with van der Waals surface area (Å²) in [5.41, 5.74) is 1.10. The van der Waals surface area contributed by atoms with Gasteiger partial charge in [0.1, 0.15) is 11.3 Å². The molecule has 0 bridgehead atoms. The SMILES string of the molecule is COC(=O)c1cnn2ccc(OC)cc12. The average molecular weight is 206 g/mol. The lowest BCUT2D eigenvalue weighted by atomic mass is 10.2. The number of aromatic nitrogens is 2. The number of esters is 1. The summed E-state index contributed by atoms with van der Waals surface area (Å²) in [6, 6.07) is 3.50. The molecule has 0 aromatic carbocycles. The number of carbonyl (C=O) groups is 1. The van der Waals surface area contributed by atoms with Gasteiger partial charge in [-0.2, -0.15) is 5.10 Å². The number of ether oxygens (including phenoxy) is 2. The normalized spacial score (nSPS) is 10.3. The number of carbonyl (C=O) groups excluding carboxylic acids is 1. The molecule has 0 aliphatic rings. The second-order valence-electron chi connectivity index (χ2n) is 2.95. The van der Waals surface area contributed by atoms with E-state index in [1.165, 1.54) is 13.3 Å². The van der Waals surface area contributed by atoms with Crippen LogP contribution < -0.4 is 4.74 Å². The van der Waals surface area contributed by atoms with Gasteiger partial charge in [0.05, 0.1) is 25.9 Å². The topological polar surface area (TPSA) is 52.8 Å². The van der Waals surface area contributed by atoms with Crippen molar-refractivity contribution in [3.8, 4) is 5.75 Å².